The van der Waals surface area contributed by atoms with Gasteiger partial charge < -0.3 is 14.9 Å². The maximum atomic E-state index is 9.99. The molecule has 20 heavy (non-hydrogen) atoms. The van der Waals surface area contributed by atoms with E-state index in [9.17, 15) is 10.4 Å². The molecule has 5 nitrogen and oxygen atoms in total. The van der Waals surface area contributed by atoms with Crippen molar-refractivity contribution in [3.8, 4) is 6.07 Å². The van der Waals surface area contributed by atoms with E-state index in [0.29, 0.717) is 12.1 Å². The van der Waals surface area contributed by atoms with Crippen LogP contribution in [-0.2, 0) is 0 Å². The lowest BCUT2D eigenvalue weighted by molar-refractivity contribution is 0.191. The molecule has 0 radical (unpaired) electrons. The summed E-state index contributed by atoms with van der Waals surface area (Å²) in [5.74, 6) is 0. The quantitative estimate of drug-likeness (QED) is 0.893. The summed E-state index contributed by atoms with van der Waals surface area (Å²) < 4.78 is 0. The molecule has 1 aromatic rings. The molecule has 1 aliphatic heterocycles. The van der Waals surface area contributed by atoms with E-state index in [2.05, 4.69) is 20.9 Å². The lowest BCUT2D eigenvalue weighted by Gasteiger charge is -2.29. The molecular weight excluding hydrogens is 252 g/mol. The fourth-order valence-electron chi connectivity index (χ4n) is 2.95. The van der Waals surface area contributed by atoms with Gasteiger partial charge in [0.2, 0.25) is 0 Å². The smallest absolute Gasteiger partial charge is 0.103 e. The van der Waals surface area contributed by atoms with E-state index in [4.69, 9.17) is 0 Å². The van der Waals surface area contributed by atoms with E-state index in [1.807, 2.05) is 34.0 Å². The summed E-state index contributed by atoms with van der Waals surface area (Å²) in [6, 6.07) is 4.44. The summed E-state index contributed by atoms with van der Waals surface area (Å²) in [5.41, 5.74) is 3.18. The van der Waals surface area contributed by atoms with Crippen LogP contribution in [0.25, 0.3) is 0 Å². The standard InChI is InChI=1S/C15H22N4O/c1-10-5-15(14(7-16)11(2)17-10)19-9-13(20)6-12(19)8-18(3)4/h5,12-13,20H,6,8-9H2,1-4H3. The van der Waals surface area contributed by atoms with E-state index < -0.39 is 0 Å². The Balaban J connectivity index is 2.41. The number of aliphatic hydroxyl groups is 1. The van der Waals surface area contributed by atoms with Gasteiger partial charge in [0.05, 0.1) is 23.0 Å². The molecule has 2 atom stereocenters. The molecule has 1 aromatic heterocycles. The highest BCUT2D eigenvalue weighted by Crippen LogP contribution is 2.30. The first kappa shape index (κ1) is 14.8. The normalized spacial score (nSPS) is 22.4. The molecule has 0 amide bonds. The second-order valence-electron chi connectivity index (χ2n) is 5.81. The summed E-state index contributed by atoms with van der Waals surface area (Å²) in [7, 11) is 4.05. The number of hydrogen-bond donors (Lipinski definition) is 1. The van der Waals surface area contributed by atoms with Gasteiger partial charge in [-0.2, -0.15) is 5.26 Å². The van der Waals surface area contributed by atoms with E-state index in [-0.39, 0.29) is 12.1 Å². The number of pyridine rings is 1. The van der Waals surface area contributed by atoms with Crippen LogP contribution in [0.2, 0.25) is 0 Å². The number of rotatable bonds is 3. The second-order valence-corrected chi connectivity index (χ2v) is 5.81. The predicted molar refractivity (Wildman–Crippen MR) is 78.7 cm³/mol. The van der Waals surface area contributed by atoms with Crippen LogP contribution in [0, 0.1) is 25.2 Å². The van der Waals surface area contributed by atoms with Gasteiger partial charge in [0.1, 0.15) is 6.07 Å². The highest BCUT2D eigenvalue weighted by Gasteiger charge is 2.33. The van der Waals surface area contributed by atoms with Gasteiger partial charge in [-0.15, -0.1) is 0 Å². The zero-order valence-corrected chi connectivity index (χ0v) is 12.6. The summed E-state index contributed by atoms with van der Waals surface area (Å²) in [4.78, 5) is 8.63. The number of nitrogens with zero attached hydrogens (tertiary/aromatic N) is 4. The van der Waals surface area contributed by atoms with Gasteiger partial charge in [-0.25, -0.2) is 0 Å². The van der Waals surface area contributed by atoms with Crippen molar-refractivity contribution >= 4 is 5.69 Å². The van der Waals surface area contributed by atoms with E-state index >= 15 is 0 Å². The molecule has 1 N–H and O–H groups in total. The van der Waals surface area contributed by atoms with E-state index in [1.54, 1.807) is 0 Å². The fourth-order valence-corrected chi connectivity index (χ4v) is 2.95. The average molecular weight is 274 g/mol. The number of aryl methyl sites for hydroxylation is 2. The van der Waals surface area contributed by atoms with Gasteiger partial charge in [0.25, 0.3) is 0 Å². The molecule has 1 saturated heterocycles. The second kappa shape index (κ2) is 5.78. The first-order chi connectivity index (χ1) is 9.42. The Morgan fingerprint density at radius 2 is 2.20 bits per heavy atom. The van der Waals surface area contributed by atoms with Crippen molar-refractivity contribution in [1.82, 2.24) is 9.88 Å². The van der Waals surface area contributed by atoms with Crippen LogP contribution in [0.3, 0.4) is 0 Å². The van der Waals surface area contributed by atoms with Gasteiger partial charge in [-0.05, 0) is 40.4 Å². The van der Waals surface area contributed by atoms with E-state index in [1.165, 1.54) is 0 Å². The molecule has 1 fully saturated rings. The third kappa shape index (κ3) is 2.92. The van der Waals surface area contributed by atoms with Crippen LogP contribution < -0.4 is 4.90 Å². The van der Waals surface area contributed by atoms with Crippen LogP contribution in [0.5, 0.6) is 0 Å². The number of β-amino-alcohol motifs (C(OH)–C–C–N with tert-alkyl or cyclic N) is 1. The number of hydrogen-bond acceptors (Lipinski definition) is 5. The van der Waals surface area contributed by atoms with Crippen LogP contribution in [0.1, 0.15) is 23.4 Å². The van der Waals surface area contributed by atoms with Crippen LogP contribution in [0.15, 0.2) is 6.07 Å². The highest BCUT2D eigenvalue weighted by atomic mass is 16.3. The molecule has 2 rings (SSSR count). The van der Waals surface area contributed by atoms with Crippen molar-refractivity contribution < 1.29 is 5.11 Å². The minimum absolute atomic E-state index is 0.230. The Morgan fingerprint density at radius 3 is 2.80 bits per heavy atom. The maximum Gasteiger partial charge on any atom is 0.103 e. The SMILES string of the molecule is Cc1cc(N2CC(O)CC2CN(C)C)c(C#N)c(C)n1. The summed E-state index contributed by atoms with van der Waals surface area (Å²) in [5, 5.41) is 19.4. The average Bonchev–Trinajstić information content (AvgIpc) is 2.68. The topological polar surface area (TPSA) is 63.4 Å². The number of aliphatic hydroxyl groups excluding tert-OH is 1. The van der Waals surface area contributed by atoms with Crippen molar-refractivity contribution in [2.75, 3.05) is 32.1 Å². The van der Waals surface area contributed by atoms with Crippen molar-refractivity contribution in [1.29, 1.82) is 5.26 Å². The molecule has 0 aliphatic carbocycles. The Kier molecular flexibility index (Phi) is 4.26. The van der Waals surface area contributed by atoms with E-state index in [0.717, 1.165) is 30.0 Å². The Bertz CT molecular complexity index is 535. The van der Waals surface area contributed by atoms with Crippen LogP contribution in [0.4, 0.5) is 5.69 Å². The van der Waals surface area contributed by atoms with Gasteiger partial charge in [-0.3, -0.25) is 4.98 Å². The van der Waals surface area contributed by atoms with Gasteiger partial charge in [-0.1, -0.05) is 0 Å². The number of anilines is 1. The molecule has 108 valence electrons. The minimum Gasteiger partial charge on any atom is -0.391 e. The Labute approximate surface area is 120 Å². The van der Waals surface area contributed by atoms with Crippen molar-refractivity contribution in [2.24, 2.45) is 0 Å². The minimum atomic E-state index is -0.333. The maximum absolute atomic E-state index is 9.99. The molecule has 0 saturated carbocycles. The highest BCUT2D eigenvalue weighted by molar-refractivity contribution is 5.63. The van der Waals surface area contributed by atoms with Crippen molar-refractivity contribution in [3.05, 3.63) is 23.0 Å². The summed E-state index contributed by atoms with van der Waals surface area (Å²) >= 11 is 0. The zero-order valence-electron chi connectivity index (χ0n) is 12.6. The largest absolute Gasteiger partial charge is 0.391 e. The third-order valence-corrected chi connectivity index (χ3v) is 3.70. The van der Waals surface area contributed by atoms with Crippen molar-refractivity contribution in [3.63, 3.8) is 0 Å². The molecule has 0 bridgehead atoms. The third-order valence-electron chi connectivity index (χ3n) is 3.70. The van der Waals surface area contributed by atoms with Gasteiger partial charge in [0, 0.05) is 24.8 Å². The Morgan fingerprint density at radius 1 is 1.50 bits per heavy atom. The zero-order chi connectivity index (χ0) is 14.9. The van der Waals surface area contributed by atoms with Crippen LogP contribution >= 0.6 is 0 Å². The first-order valence-electron chi connectivity index (χ1n) is 6.90. The number of aromatic nitrogens is 1. The lowest BCUT2D eigenvalue weighted by atomic mass is 10.1. The molecule has 5 heteroatoms. The van der Waals surface area contributed by atoms with Gasteiger partial charge >= 0.3 is 0 Å². The van der Waals surface area contributed by atoms with Crippen molar-refractivity contribution in [2.45, 2.75) is 32.4 Å². The molecule has 2 heterocycles. The number of nitriles is 1. The lowest BCUT2D eigenvalue weighted by Crippen LogP contribution is -2.38. The summed E-state index contributed by atoms with van der Waals surface area (Å²) in [6.45, 7) is 5.24. The molecule has 0 aromatic carbocycles. The number of likely N-dealkylation sites (N-methyl/N-ethyl adjacent to an activating group) is 1. The van der Waals surface area contributed by atoms with Gasteiger partial charge in [0.15, 0.2) is 0 Å². The van der Waals surface area contributed by atoms with Crippen LogP contribution in [-0.4, -0.2) is 54.3 Å². The Hall–Kier alpha value is -1.64. The molecule has 2 unspecified atom stereocenters. The fraction of sp³-hybridized carbons (Fsp3) is 0.600. The molecule has 1 aliphatic rings. The summed E-state index contributed by atoms with van der Waals surface area (Å²) in [6.07, 6.45) is 0.406. The predicted octanol–water partition coefficient (Wildman–Crippen LogP) is 1.07. The first-order valence-corrected chi connectivity index (χ1v) is 6.90. The molecule has 0 spiro atoms. The monoisotopic (exact) mass is 274 g/mol. The molecular formula is C15H22N4O.